The van der Waals surface area contributed by atoms with Crippen LogP contribution < -0.4 is 0 Å². The van der Waals surface area contributed by atoms with Gasteiger partial charge in [-0.15, -0.1) is 11.3 Å². The van der Waals surface area contributed by atoms with Gasteiger partial charge in [0.1, 0.15) is 10.8 Å². The van der Waals surface area contributed by atoms with Crippen LogP contribution >= 0.6 is 11.3 Å². The number of carbonyl (C=O) groups excluding carboxylic acids is 1. The van der Waals surface area contributed by atoms with Crippen LogP contribution in [0.1, 0.15) is 25.6 Å². The van der Waals surface area contributed by atoms with Crippen molar-refractivity contribution in [2.45, 2.75) is 37.4 Å². The van der Waals surface area contributed by atoms with Gasteiger partial charge in [-0.25, -0.2) is 8.42 Å². The van der Waals surface area contributed by atoms with Crippen LogP contribution in [0, 0.1) is 0 Å². The third-order valence-electron chi connectivity index (χ3n) is 2.64. The molecule has 1 rings (SSSR count). The van der Waals surface area contributed by atoms with Crippen LogP contribution in [-0.2, 0) is 26.0 Å². The highest BCUT2D eigenvalue weighted by Crippen LogP contribution is 2.26. The van der Waals surface area contributed by atoms with Crippen molar-refractivity contribution in [1.82, 2.24) is 4.31 Å². The van der Waals surface area contributed by atoms with E-state index in [0.717, 1.165) is 15.6 Å². The smallest absolute Gasteiger partial charge is 0.321 e. The second kappa shape index (κ2) is 6.49. The Kier molecular flexibility index (Phi) is 5.51. The molecule has 0 fully saturated rings. The van der Waals surface area contributed by atoms with Crippen molar-refractivity contribution in [3.63, 3.8) is 0 Å². The first kappa shape index (κ1) is 16.1. The standard InChI is InChI=1S/C12H19NO4S2/c1-5-10-6-7-12(18-10)19(15,16)13(9(2)3)8-11(14)17-4/h6-7,9H,5,8H2,1-4H3. The molecule has 1 aromatic heterocycles. The first-order chi connectivity index (χ1) is 8.82. The van der Waals surface area contributed by atoms with Crippen LogP contribution in [0.2, 0.25) is 0 Å². The molecule has 0 aliphatic rings. The molecule has 1 heterocycles. The van der Waals surface area contributed by atoms with Crippen molar-refractivity contribution in [2.24, 2.45) is 0 Å². The second-order valence-electron chi connectivity index (χ2n) is 4.29. The molecule has 108 valence electrons. The predicted octanol–water partition coefficient (Wildman–Crippen LogP) is 1.88. The zero-order chi connectivity index (χ0) is 14.6. The van der Waals surface area contributed by atoms with Crippen molar-refractivity contribution >= 4 is 27.3 Å². The summed E-state index contributed by atoms with van der Waals surface area (Å²) in [4.78, 5) is 12.3. The van der Waals surface area contributed by atoms with Gasteiger partial charge in [-0.1, -0.05) is 6.92 Å². The fourth-order valence-electron chi connectivity index (χ4n) is 1.54. The Bertz CT molecular complexity index is 534. The molecule has 0 saturated carbocycles. The number of thiophene rings is 1. The maximum absolute atomic E-state index is 12.5. The minimum absolute atomic E-state index is 0.266. The first-order valence-corrected chi connectivity index (χ1v) is 8.26. The number of sulfonamides is 1. The molecule has 0 aromatic carbocycles. The number of hydrogen-bond donors (Lipinski definition) is 0. The Hall–Kier alpha value is -0.920. The average Bonchev–Trinajstić information content (AvgIpc) is 2.84. The zero-order valence-electron chi connectivity index (χ0n) is 11.5. The molecule has 0 spiro atoms. The first-order valence-electron chi connectivity index (χ1n) is 6.00. The van der Waals surface area contributed by atoms with Crippen molar-refractivity contribution in [3.05, 3.63) is 17.0 Å². The van der Waals surface area contributed by atoms with Crippen LogP contribution in [0.3, 0.4) is 0 Å². The zero-order valence-corrected chi connectivity index (χ0v) is 13.2. The van der Waals surface area contributed by atoms with Crippen molar-refractivity contribution in [3.8, 4) is 0 Å². The number of nitrogens with zero attached hydrogens (tertiary/aromatic N) is 1. The molecule has 0 aliphatic carbocycles. The Labute approximate surface area is 118 Å². The van der Waals surface area contributed by atoms with Gasteiger partial charge in [0.05, 0.1) is 7.11 Å². The highest BCUT2D eigenvalue weighted by atomic mass is 32.2. The molecule has 0 N–H and O–H groups in total. The van der Waals surface area contributed by atoms with Gasteiger partial charge in [-0.05, 0) is 32.4 Å². The largest absolute Gasteiger partial charge is 0.468 e. The summed E-state index contributed by atoms with van der Waals surface area (Å²) in [6.07, 6.45) is 0.791. The van der Waals surface area contributed by atoms with Crippen molar-refractivity contribution < 1.29 is 17.9 Å². The number of ether oxygens (including phenoxy) is 1. The van der Waals surface area contributed by atoms with E-state index in [0.29, 0.717) is 0 Å². The molecular weight excluding hydrogens is 286 g/mol. The van der Waals surface area contributed by atoms with E-state index in [2.05, 4.69) is 4.74 Å². The highest BCUT2D eigenvalue weighted by molar-refractivity contribution is 7.91. The van der Waals surface area contributed by atoms with E-state index in [-0.39, 0.29) is 16.8 Å². The van der Waals surface area contributed by atoms with Crippen LogP contribution in [0.25, 0.3) is 0 Å². The number of carbonyl (C=O) groups is 1. The summed E-state index contributed by atoms with van der Waals surface area (Å²) in [6, 6.07) is 3.08. The minimum atomic E-state index is -3.64. The Morgan fingerprint density at radius 3 is 2.47 bits per heavy atom. The van der Waals surface area contributed by atoms with Gasteiger partial charge in [0.25, 0.3) is 10.0 Å². The van der Waals surface area contributed by atoms with E-state index in [9.17, 15) is 13.2 Å². The van der Waals surface area contributed by atoms with Gasteiger partial charge in [0.15, 0.2) is 0 Å². The normalized spacial score (nSPS) is 12.1. The topological polar surface area (TPSA) is 63.7 Å². The molecule has 0 aliphatic heterocycles. The number of rotatable bonds is 6. The average molecular weight is 305 g/mol. The second-order valence-corrected chi connectivity index (χ2v) is 7.58. The number of methoxy groups -OCH3 is 1. The molecule has 0 atom stereocenters. The van der Waals surface area contributed by atoms with Crippen molar-refractivity contribution in [1.29, 1.82) is 0 Å². The van der Waals surface area contributed by atoms with Crippen LogP contribution in [0.5, 0.6) is 0 Å². The van der Waals surface area contributed by atoms with Gasteiger partial charge in [0, 0.05) is 10.9 Å². The van der Waals surface area contributed by atoms with E-state index in [4.69, 9.17) is 0 Å². The SMILES string of the molecule is CCc1ccc(S(=O)(=O)N(CC(=O)OC)C(C)C)s1. The number of aryl methyl sites for hydroxylation is 1. The summed E-state index contributed by atoms with van der Waals surface area (Å²) >= 11 is 1.24. The summed E-state index contributed by atoms with van der Waals surface area (Å²) in [5.74, 6) is -0.565. The number of hydrogen-bond acceptors (Lipinski definition) is 5. The minimum Gasteiger partial charge on any atom is -0.468 e. The Balaban J connectivity index is 3.09. The molecule has 0 radical (unpaired) electrons. The van der Waals surface area contributed by atoms with E-state index in [1.807, 2.05) is 6.92 Å². The lowest BCUT2D eigenvalue weighted by Gasteiger charge is -2.23. The van der Waals surface area contributed by atoms with E-state index in [1.165, 1.54) is 18.4 Å². The van der Waals surface area contributed by atoms with Crippen LogP contribution in [0.4, 0.5) is 0 Å². The highest BCUT2D eigenvalue weighted by Gasteiger charge is 2.30. The summed E-state index contributed by atoms with van der Waals surface area (Å²) in [5, 5.41) is 0. The third kappa shape index (κ3) is 3.77. The predicted molar refractivity (Wildman–Crippen MR) is 74.7 cm³/mol. The lowest BCUT2D eigenvalue weighted by Crippen LogP contribution is -2.40. The molecule has 0 amide bonds. The van der Waals surface area contributed by atoms with Gasteiger partial charge in [-0.2, -0.15) is 4.31 Å². The van der Waals surface area contributed by atoms with Gasteiger partial charge in [0.2, 0.25) is 0 Å². The van der Waals surface area contributed by atoms with Crippen LogP contribution in [0.15, 0.2) is 16.3 Å². The van der Waals surface area contributed by atoms with E-state index in [1.54, 1.807) is 26.0 Å². The van der Waals surface area contributed by atoms with E-state index < -0.39 is 16.0 Å². The summed E-state index contributed by atoms with van der Waals surface area (Å²) < 4.78 is 30.9. The quantitative estimate of drug-likeness (QED) is 0.753. The Morgan fingerprint density at radius 1 is 1.42 bits per heavy atom. The lowest BCUT2D eigenvalue weighted by atomic mass is 10.4. The molecule has 5 nitrogen and oxygen atoms in total. The maximum Gasteiger partial charge on any atom is 0.321 e. The summed E-state index contributed by atoms with van der Waals surface area (Å²) in [6.45, 7) is 5.16. The third-order valence-corrected chi connectivity index (χ3v) is 6.36. The number of esters is 1. The molecule has 0 bridgehead atoms. The van der Waals surface area contributed by atoms with Gasteiger partial charge >= 0.3 is 5.97 Å². The molecular formula is C12H19NO4S2. The maximum atomic E-state index is 12.5. The monoisotopic (exact) mass is 305 g/mol. The van der Waals surface area contributed by atoms with Gasteiger partial charge < -0.3 is 4.74 Å². The van der Waals surface area contributed by atoms with Crippen molar-refractivity contribution in [2.75, 3.05) is 13.7 Å². The summed E-state index contributed by atoms with van der Waals surface area (Å²) in [5.41, 5.74) is 0. The summed E-state index contributed by atoms with van der Waals surface area (Å²) in [7, 11) is -2.40. The lowest BCUT2D eigenvalue weighted by molar-refractivity contribution is -0.141. The van der Waals surface area contributed by atoms with E-state index >= 15 is 0 Å². The van der Waals surface area contributed by atoms with Crippen LogP contribution in [-0.4, -0.2) is 38.4 Å². The molecule has 0 unspecified atom stereocenters. The molecule has 7 heteroatoms. The molecule has 0 saturated heterocycles. The van der Waals surface area contributed by atoms with Gasteiger partial charge in [-0.3, -0.25) is 4.79 Å². The fourth-order valence-corrected chi connectivity index (χ4v) is 4.55. The Morgan fingerprint density at radius 2 is 2.05 bits per heavy atom. The molecule has 19 heavy (non-hydrogen) atoms. The molecule has 1 aromatic rings. The fraction of sp³-hybridized carbons (Fsp3) is 0.583.